The van der Waals surface area contributed by atoms with E-state index in [9.17, 15) is 19.5 Å². The van der Waals surface area contributed by atoms with Crippen LogP contribution in [0.15, 0.2) is 18.3 Å². The number of rotatable bonds is 6. The number of carbonyl (C=O) groups is 3. The molecule has 2 bridgehead atoms. The molecule has 0 saturated heterocycles. The van der Waals surface area contributed by atoms with Crippen molar-refractivity contribution in [3.05, 3.63) is 24.0 Å². The van der Waals surface area contributed by atoms with Crippen LogP contribution in [0.4, 0.5) is 5.69 Å². The molecule has 3 N–H and O–H groups in total. The summed E-state index contributed by atoms with van der Waals surface area (Å²) in [6.45, 7) is 2.46. The van der Waals surface area contributed by atoms with E-state index < -0.39 is 17.8 Å². The number of aryl methyl sites for hydroxylation is 1. The second-order valence-electron chi connectivity index (χ2n) is 8.03. The van der Waals surface area contributed by atoms with Gasteiger partial charge < -0.3 is 15.7 Å². The molecule has 3 aliphatic rings. The number of anilines is 1. The predicted molar refractivity (Wildman–Crippen MR) is 102 cm³/mol. The molecule has 2 saturated carbocycles. The molecule has 1 aromatic heterocycles. The number of amides is 2. The van der Waals surface area contributed by atoms with Crippen LogP contribution in [0.25, 0.3) is 0 Å². The Morgan fingerprint density at radius 1 is 1.18 bits per heavy atom. The molecule has 0 spiro atoms. The molecule has 3 aliphatic carbocycles. The summed E-state index contributed by atoms with van der Waals surface area (Å²) in [4.78, 5) is 37.4. The van der Waals surface area contributed by atoms with Crippen LogP contribution in [0.2, 0.25) is 0 Å². The number of aliphatic carboxylic acids is 1. The van der Waals surface area contributed by atoms with Crippen LogP contribution < -0.4 is 10.6 Å². The van der Waals surface area contributed by atoms with Crippen LogP contribution in [0.1, 0.15) is 49.5 Å². The van der Waals surface area contributed by atoms with Crippen molar-refractivity contribution in [1.29, 1.82) is 0 Å². The third-order valence-corrected chi connectivity index (χ3v) is 6.30. The zero-order valence-electron chi connectivity index (χ0n) is 15.9. The molecule has 4 rings (SSSR count). The number of nitrogens with zero attached hydrogens (tertiary/aromatic N) is 2. The van der Waals surface area contributed by atoms with Gasteiger partial charge in [-0.15, -0.1) is 0 Å². The first-order chi connectivity index (χ1) is 13.5. The van der Waals surface area contributed by atoms with Crippen molar-refractivity contribution in [1.82, 2.24) is 15.1 Å². The van der Waals surface area contributed by atoms with Gasteiger partial charge in [-0.25, -0.2) is 0 Å². The maximum atomic E-state index is 13.0. The lowest BCUT2D eigenvalue weighted by Crippen LogP contribution is -2.37. The Morgan fingerprint density at radius 2 is 1.86 bits per heavy atom. The first-order valence-electron chi connectivity index (χ1n) is 10.1. The summed E-state index contributed by atoms with van der Waals surface area (Å²) in [5.41, 5.74) is 0.533. The van der Waals surface area contributed by atoms with Crippen LogP contribution in [0.5, 0.6) is 0 Å². The number of aromatic nitrogens is 2. The number of carbonyl (C=O) groups excluding carboxylic acids is 2. The second-order valence-corrected chi connectivity index (χ2v) is 8.03. The summed E-state index contributed by atoms with van der Waals surface area (Å²) < 4.78 is 1.61. The number of allylic oxidation sites excluding steroid dienone is 2. The fourth-order valence-corrected chi connectivity index (χ4v) is 4.90. The van der Waals surface area contributed by atoms with Crippen LogP contribution in [0.3, 0.4) is 0 Å². The fourth-order valence-electron chi connectivity index (χ4n) is 4.90. The molecule has 28 heavy (non-hydrogen) atoms. The first kappa shape index (κ1) is 18.7. The Bertz CT molecular complexity index is 824. The van der Waals surface area contributed by atoms with Crippen molar-refractivity contribution in [2.24, 2.45) is 23.7 Å². The van der Waals surface area contributed by atoms with Gasteiger partial charge in [0.2, 0.25) is 5.91 Å². The molecule has 4 atom stereocenters. The Hall–Kier alpha value is -2.64. The predicted octanol–water partition coefficient (Wildman–Crippen LogP) is 2.04. The summed E-state index contributed by atoms with van der Waals surface area (Å²) >= 11 is 0. The zero-order chi connectivity index (χ0) is 19.8. The van der Waals surface area contributed by atoms with Crippen molar-refractivity contribution in [3.63, 3.8) is 0 Å². The molecule has 8 heteroatoms. The van der Waals surface area contributed by atoms with E-state index in [2.05, 4.69) is 15.7 Å². The average molecular weight is 386 g/mol. The minimum absolute atomic E-state index is 0.0666. The minimum atomic E-state index is -0.944. The smallest absolute Gasteiger partial charge is 0.307 e. The second kappa shape index (κ2) is 7.41. The normalized spacial score (nSPS) is 28.6. The third kappa shape index (κ3) is 3.31. The van der Waals surface area contributed by atoms with Gasteiger partial charge in [-0.1, -0.05) is 25.0 Å². The average Bonchev–Trinajstić information content (AvgIpc) is 3.44. The van der Waals surface area contributed by atoms with Crippen molar-refractivity contribution in [2.45, 2.75) is 51.6 Å². The van der Waals surface area contributed by atoms with Gasteiger partial charge in [0.1, 0.15) is 0 Å². The maximum Gasteiger partial charge on any atom is 0.307 e. The number of hydrogen-bond donors (Lipinski definition) is 3. The van der Waals surface area contributed by atoms with Gasteiger partial charge in [-0.3, -0.25) is 19.1 Å². The van der Waals surface area contributed by atoms with Crippen LogP contribution in [0, 0.1) is 23.7 Å². The lowest BCUT2D eigenvalue weighted by atomic mass is 9.82. The summed E-state index contributed by atoms with van der Waals surface area (Å²) in [5, 5.41) is 19.7. The molecule has 0 aliphatic heterocycles. The number of hydrogen-bond acceptors (Lipinski definition) is 4. The minimum Gasteiger partial charge on any atom is -0.481 e. The van der Waals surface area contributed by atoms with Gasteiger partial charge >= 0.3 is 5.97 Å². The number of carboxylic acids is 1. The van der Waals surface area contributed by atoms with Gasteiger partial charge in [-0.2, -0.15) is 5.10 Å². The quantitative estimate of drug-likeness (QED) is 0.648. The highest BCUT2D eigenvalue weighted by atomic mass is 16.4. The van der Waals surface area contributed by atoms with Gasteiger partial charge in [0, 0.05) is 18.8 Å². The standard InChI is InChI=1S/C20H26N4O4/c1-2-24-10-14(17(23-24)19(26)21-13-5-3-4-6-13)22-18(25)15-11-7-8-12(9-11)16(15)20(27)28/h7-8,10-13,15-16H,2-6,9H2,1H3,(H,21,26)(H,22,25)(H,27,28)/t11-,12-,15+,16-/m0/s1. The number of nitrogens with one attached hydrogen (secondary N) is 2. The Labute approximate surface area is 163 Å². The lowest BCUT2D eigenvalue weighted by Gasteiger charge is -2.23. The van der Waals surface area contributed by atoms with Gasteiger partial charge in [0.05, 0.1) is 17.5 Å². The molecule has 150 valence electrons. The van der Waals surface area contributed by atoms with E-state index in [1.54, 1.807) is 10.9 Å². The SMILES string of the molecule is CCn1cc(NC(=O)[C@H]2[C@@H](C(=O)O)[C@H]3C=C[C@H]2C3)c(C(=O)NC2CCCC2)n1. The van der Waals surface area contributed by atoms with Gasteiger partial charge in [0.25, 0.3) is 5.91 Å². The molecular formula is C20H26N4O4. The van der Waals surface area contributed by atoms with Crippen molar-refractivity contribution in [3.8, 4) is 0 Å². The monoisotopic (exact) mass is 386 g/mol. The van der Waals surface area contributed by atoms with Gasteiger partial charge in [-0.05, 0) is 38.0 Å². The Morgan fingerprint density at radius 3 is 2.50 bits per heavy atom. The van der Waals surface area contributed by atoms with E-state index in [0.717, 1.165) is 25.7 Å². The Balaban J connectivity index is 1.53. The molecule has 0 aromatic carbocycles. The maximum absolute atomic E-state index is 13.0. The summed E-state index contributed by atoms with van der Waals surface area (Å²) in [7, 11) is 0. The van der Waals surface area contributed by atoms with Crippen molar-refractivity contribution < 1.29 is 19.5 Å². The van der Waals surface area contributed by atoms with E-state index in [1.807, 2.05) is 19.1 Å². The molecule has 0 unspecified atom stereocenters. The highest BCUT2D eigenvalue weighted by Gasteiger charge is 2.51. The molecule has 1 heterocycles. The van der Waals surface area contributed by atoms with E-state index in [0.29, 0.717) is 18.7 Å². The highest BCUT2D eigenvalue weighted by Crippen LogP contribution is 2.48. The summed E-state index contributed by atoms with van der Waals surface area (Å²) in [5.74, 6) is -3.09. The fraction of sp³-hybridized carbons (Fsp3) is 0.600. The van der Waals surface area contributed by atoms with E-state index in [4.69, 9.17) is 0 Å². The molecule has 2 fully saturated rings. The van der Waals surface area contributed by atoms with Gasteiger partial charge in [0.15, 0.2) is 5.69 Å². The number of carboxylic acid groups (broad SMARTS) is 1. The molecular weight excluding hydrogens is 360 g/mol. The summed E-state index contributed by atoms with van der Waals surface area (Å²) in [6, 6.07) is 0.148. The lowest BCUT2D eigenvalue weighted by molar-refractivity contribution is -0.146. The first-order valence-corrected chi connectivity index (χ1v) is 10.1. The topological polar surface area (TPSA) is 113 Å². The van der Waals surface area contributed by atoms with E-state index in [1.165, 1.54) is 0 Å². The van der Waals surface area contributed by atoms with Crippen molar-refractivity contribution >= 4 is 23.5 Å². The molecule has 8 nitrogen and oxygen atoms in total. The number of fused-ring (bicyclic) bond motifs is 2. The van der Waals surface area contributed by atoms with E-state index >= 15 is 0 Å². The summed E-state index contributed by atoms with van der Waals surface area (Å²) in [6.07, 6.45) is 10.3. The zero-order valence-corrected chi connectivity index (χ0v) is 15.9. The molecule has 0 radical (unpaired) electrons. The van der Waals surface area contributed by atoms with E-state index in [-0.39, 0.29) is 35.4 Å². The molecule has 1 aromatic rings. The van der Waals surface area contributed by atoms with Crippen LogP contribution in [-0.2, 0) is 16.1 Å². The third-order valence-electron chi connectivity index (χ3n) is 6.30. The molecule has 2 amide bonds. The van der Waals surface area contributed by atoms with Crippen molar-refractivity contribution in [2.75, 3.05) is 5.32 Å². The highest BCUT2D eigenvalue weighted by molar-refractivity contribution is 6.03. The largest absolute Gasteiger partial charge is 0.481 e. The Kier molecular flexibility index (Phi) is 4.95. The van der Waals surface area contributed by atoms with Crippen LogP contribution in [-0.4, -0.2) is 38.7 Å². The van der Waals surface area contributed by atoms with Crippen LogP contribution >= 0.6 is 0 Å².